The lowest BCUT2D eigenvalue weighted by Crippen LogP contribution is -1.95. The summed E-state index contributed by atoms with van der Waals surface area (Å²) in [5.41, 5.74) is 5.42. The van der Waals surface area contributed by atoms with Gasteiger partial charge in [-0.25, -0.2) is 0 Å². The van der Waals surface area contributed by atoms with E-state index < -0.39 is 0 Å². The van der Waals surface area contributed by atoms with Crippen molar-refractivity contribution < 1.29 is 28.8 Å². The van der Waals surface area contributed by atoms with Crippen LogP contribution in [0.25, 0.3) is 21.5 Å². The number of aryl methyl sites for hydroxylation is 1. The maximum atomic E-state index is 11.1. The van der Waals surface area contributed by atoms with Crippen LogP contribution in [0.4, 0.5) is 45.5 Å². The maximum absolute atomic E-state index is 11.1. The summed E-state index contributed by atoms with van der Waals surface area (Å²) in [6, 6.07) is 35.7. The van der Waals surface area contributed by atoms with Crippen molar-refractivity contribution in [3.8, 4) is 34.5 Å². The number of anilines is 2. The average molecular weight is 790 g/mol. The molecule has 0 atom stereocenters. The van der Waals surface area contributed by atoms with Gasteiger partial charge in [-0.05, 0) is 102 Å². The first-order valence-electron chi connectivity index (χ1n) is 18.8. The van der Waals surface area contributed by atoms with Crippen LogP contribution in [0, 0.1) is 6.92 Å². The number of aromatic hydroxyl groups is 1. The van der Waals surface area contributed by atoms with Gasteiger partial charge in [0.05, 0.1) is 46.4 Å². The van der Waals surface area contributed by atoms with E-state index in [4.69, 9.17) is 23.7 Å². The number of phenols is 1. The number of phenolic OH excluding ortho intramolecular Hbond substituents is 1. The Morgan fingerprint density at radius 3 is 1.78 bits per heavy atom. The van der Waals surface area contributed by atoms with Crippen LogP contribution in [0.3, 0.4) is 0 Å². The molecule has 7 aromatic rings. The van der Waals surface area contributed by atoms with Gasteiger partial charge in [-0.1, -0.05) is 31.2 Å². The number of nitrogens with one attached hydrogen (secondary N) is 1. The van der Waals surface area contributed by atoms with Crippen molar-refractivity contribution in [2.75, 3.05) is 40.4 Å². The summed E-state index contributed by atoms with van der Waals surface area (Å²) >= 11 is 0. The van der Waals surface area contributed by atoms with Crippen molar-refractivity contribution in [1.29, 1.82) is 0 Å². The van der Waals surface area contributed by atoms with Crippen LogP contribution in [-0.4, -0.2) is 40.2 Å². The fraction of sp³-hybridized carbons (Fsp3) is 0.174. The Bertz CT molecular complexity index is 2720. The molecule has 0 fully saturated rings. The Morgan fingerprint density at radius 2 is 1.12 bits per heavy atom. The molecule has 0 heterocycles. The number of hydrogen-bond donors (Lipinski definition) is 2. The minimum atomic E-state index is -0.00415. The highest BCUT2D eigenvalue weighted by molar-refractivity contribution is 5.95. The van der Waals surface area contributed by atoms with Crippen LogP contribution >= 0.6 is 0 Å². The molecule has 0 radical (unpaired) electrons. The zero-order chi connectivity index (χ0) is 41.3. The predicted octanol–water partition coefficient (Wildman–Crippen LogP) is 13.8. The van der Waals surface area contributed by atoms with Gasteiger partial charge in [-0.3, -0.25) is 0 Å². The van der Waals surface area contributed by atoms with Gasteiger partial charge >= 0.3 is 0 Å². The standard InChI is InChI=1S/C46H43N7O6/c1-7-21-59-42-10-8-9-29-11-13-33(24-36(29)42)48-50-38-25-43(56-4)39(22-28(38)2)51-53-41-27-44(57-5)40(26-45(41)58-6)52-49-37-20-12-30-23-32(16-19-35(30)46(37)54)47-31-14-17-34(55-3)18-15-31/h8-20,22-27,47,54H,7,21H2,1-6H3. The van der Waals surface area contributed by atoms with E-state index in [1.54, 1.807) is 38.5 Å². The van der Waals surface area contributed by atoms with Gasteiger partial charge in [-0.15, -0.1) is 20.5 Å². The summed E-state index contributed by atoms with van der Waals surface area (Å²) in [5, 5.41) is 44.8. The molecule has 13 nitrogen and oxygen atoms in total. The summed E-state index contributed by atoms with van der Waals surface area (Å²) < 4.78 is 28.2. The lowest BCUT2D eigenvalue weighted by molar-refractivity contribution is 0.321. The number of nitrogens with zero attached hydrogens (tertiary/aromatic N) is 6. The number of ether oxygens (including phenoxy) is 5. The van der Waals surface area contributed by atoms with Gasteiger partial charge in [0.15, 0.2) is 5.75 Å². The number of azo groups is 3. The summed E-state index contributed by atoms with van der Waals surface area (Å²) in [7, 11) is 6.23. The third kappa shape index (κ3) is 9.04. The maximum Gasteiger partial charge on any atom is 0.150 e. The molecule has 0 saturated heterocycles. The molecule has 298 valence electrons. The molecule has 0 unspecified atom stereocenters. The Labute approximate surface area is 341 Å². The van der Waals surface area contributed by atoms with Crippen molar-refractivity contribution in [1.82, 2.24) is 0 Å². The molecular formula is C46H43N7O6. The van der Waals surface area contributed by atoms with Crippen molar-refractivity contribution in [2.24, 2.45) is 30.7 Å². The van der Waals surface area contributed by atoms with E-state index in [2.05, 4.69) is 42.9 Å². The van der Waals surface area contributed by atoms with Gasteiger partial charge in [0, 0.05) is 40.3 Å². The van der Waals surface area contributed by atoms with Crippen LogP contribution in [0.1, 0.15) is 18.9 Å². The van der Waals surface area contributed by atoms with Crippen LogP contribution < -0.4 is 29.0 Å². The monoisotopic (exact) mass is 789 g/mol. The van der Waals surface area contributed by atoms with E-state index in [9.17, 15) is 5.11 Å². The molecule has 2 N–H and O–H groups in total. The molecule has 13 heteroatoms. The number of fused-ring (bicyclic) bond motifs is 2. The Morgan fingerprint density at radius 1 is 0.508 bits per heavy atom. The summed E-state index contributed by atoms with van der Waals surface area (Å²) in [6.07, 6.45) is 0.918. The quantitative estimate of drug-likeness (QED) is 0.0980. The number of methoxy groups -OCH3 is 4. The van der Waals surface area contributed by atoms with E-state index in [1.165, 1.54) is 14.2 Å². The van der Waals surface area contributed by atoms with Crippen LogP contribution in [0.5, 0.6) is 34.5 Å². The summed E-state index contributed by atoms with van der Waals surface area (Å²) in [4.78, 5) is 0. The highest BCUT2D eigenvalue weighted by atomic mass is 16.5. The van der Waals surface area contributed by atoms with E-state index in [0.29, 0.717) is 57.7 Å². The molecule has 7 rings (SSSR count). The fourth-order valence-corrected chi connectivity index (χ4v) is 6.29. The van der Waals surface area contributed by atoms with Crippen molar-refractivity contribution in [3.05, 3.63) is 121 Å². The zero-order valence-corrected chi connectivity index (χ0v) is 33.6. The van der Waals surface area contributed by atoms with Crippen molar-refractivity contribution >= 4 is 67.0 Å². The Hall–Kier alpha value is -7.54. The van der Waals surface area contributed by atoms with Crippen molar-refractivity contribution in [3.63, 3.8) is 0 Å². The average Bonchev–Trinajstić information content (AvgIpc) is 3.27. The first kappa shape index (κ1) is 39.7. The molecule has 7 aromatic carbocycles. The number of hydrogen-bond acceptors (Lipinski definition) is 13. The molecule has 0 bridgehead atoms. The highest BCUT2D eigenvalue weighted by Crippen LogP contribution is 2.44. The Balaban J connectivity index is 1.09. The second-order valence-electron chi connectivity index (χ2n) is 13.3. The first-order valence-corrected chi connectivity index (χ1v) is 18.8. The molecule has 0 aliphatic rings. The molecular weight excluding hydrogens is 747 g/mol. The molecule has 59 heavy (non-hydrogen) atoms. The van der Waals surface area contributed by atoms with E-state index in [-0.39, 0.29) is 11.4 Å². The second-order valence-corrected chi connectivity index (χ2v) is 13.3. The van der Waals surface area contributed by atoms with Gasteiger partial charge in [0.1, 0.15) is 51.5 Å². The van der Waals surface area contributed by atoms with Gasteiger partial charge < -0.3 is 34.1 Å². The molecule has 0 amide bonds. The largest absolute Gasteiger partial charge is 0.505 e. The van der Waals surface area contributed by atoms with E-state index in [0.717, 1.165) is 51.0 Å². The molecule has 0 saturated carbocycles. The molecule has 0 spiro atoms. The van der Waals surface area contributed by atoms with Crippen LogP contribution in [0.15, 0.2) is 146 Å². The SMILES string of the molecule is CCCOc1cccc2ccc(N=Nc3cc(OC)c(N=Nc4cc(OC)c(N=Nc5ccc6cc(Nc7ccc(OC)cc7)ccc6c5O)cc4OC)cc3C)cc12. The van der Waals surface area contributed by atoms with E-state index >= 15 is 0 Å². The van der Waals surface area contributed by atoms with Gasteiger partial charge in [-0.2, -0.15) is 10.2 Å². The minimum absolute atomic E-state index is 0.00415. The molecule has 0 aromatic heterocycles. The predicted molar refractivity (Wildman–Crippen MR) is 231 cm³/mol. The van der Waals surface area contributed by atoms with Crippen LogP contribution in [0.2, 0.25) is 0 Å². The minimum Gasteiger partial charge on any atom is -0.505 e. The summed E-state index contributed by atoms with van der Waals surface area (Å²) in [6.45, 7) is 4.63. The number of rotatable bonds is 15. The second kappa shape index (κ2) is 18.2. The lowest BCUT2D eigenvalue weighted by Gasteiger charge is -2.11. The van der Waals surface area contributed by atoms with Crippen molar-refractivity contribution in [2.45, 2.75) is 20.3 Å². The van der Waals surface area contributed by atoms with Crippen LogP contribution in [-0.2, 0) is 0 Å². The first-order chi connectivity index (χ1) is 28.8. The fourth-order valence-electron chi connectivity index (χ4n) is 6.29. The number of benzene rings is 7. The Kier molecular flexibility index (Phi) is 12.2. The van der Waals surface area contributed by atoms with E-state index in [1.807, 2.05) is 97.9 Å². The smallest absolute Gasteiger partial charge is 0.150 e. The molecule has 0 aliphatic carbocycles. The van der Waals surface area contributed by atoms with Gasteiger partial charge in [0.2, 0.25) is 0 Å². The topological polar surface area (TPSA) is 153 Å². The normalized spacial score (nSPS) is 11.6. The third-order valence-corrected chi connectivity index (χ3v) is 9.42. The zero-order valence-electron chi connectivity index (χ0n) is 33.6. The molecule has 0 aliphatic heterocycles. The lowest BCUT2D eigenvalue weighted by atomic mass is 10.1. The third-order valence-electron chi connectivity index (χ3n) is 9.42. The summed E-state index contributed by atoms with van der Waals surface area (Å²) in [5.74, 6) is 2.79. The highest BCUT2D eigenvalue weighted by Gasteiger charge is 2.15. The van der Waals surface area contributed by atoms with Gasteiger partial charge in [0.25, 0.3) is 0 Å².